The van der Waals surface area contributed by atoms with Crippen molar-refractivity contribution in [2.75, 3.05) is 31.1 Å². The lowest BCUT2D eigenvalue weighted by Gasteiger charge is -2.35. The summed E-state index contributed by atoms with van der Waals surface area (Å²) >= 11 is 3.23. The predicted octanol–water partition coefficient (Wildman–Crippen LogP) is 3.23. The molecule has 0 aromatic carbocycles. The molecular formula is C17H21BrN4O2. The zero-order chi connectivity index (χ0) is 17.3. The van der Waals surface area contributed by atoms with Gasteiger partial charge < -0.3 is 14.2 Å². The van der Waals surface area contributed by atoms with E-state index < -0.39 is 0 Å². The molecule has 0 spiro atoms. The molecule has 3 heterocycles. The summed E-state index contributed by atoms with van der Waals surface area (Å²) in [6.07, 6.45) is 0. The van der Waals surface area contributed by atoms with Gasteiger partial charge in [-0.15, -0.1) is 0 Å². The van der Waals surface area contributed by atoms with Gasteiger partial charge in [0.2, 0.25) is 0 Å². The lowest BCUT2D eigenvalue weighted by molar-refractivity contribution is 0.0713. The SMILES string of the molecule is Cc1cc(N2CCN(C(=O)c3ccc(Br)o3)CC2)nc(C(C)C)n1. The van der Waals surface area contributed by atoms with Crippen LogP contribution in [0.3, 0.4) is 0 Å². The van der Waals surface area contributed by atoms with Crippen molar-refractivity contribution in [2.45, 2.75) is 26.7 Å². The van der Waals surface area contributed by atoms with Crippen LogP contribution in [0.1, 0.15) is 41.8 Å². The number of nitrogens with zero attached hydrogens (tertiary/aromatic N) is 4. The smallest absolute Gasteiger partial charge is 0.289 e. The first-order valence-corrected chi connectivity index (χ1v) is 8.88. The van der Waals surface area contributed by atoms with Gasteiger partial charge in [0.1, 0.15) is 11.6 Å². The molecule has 1 saturated heterocycles. The first-order valence-electron chi connectivity index (χ1n) is 8.09. The largest absolute Gasteiger partial charge is 0.444 e. The van der Waals surface area contributed by atoms with Crippen LogP contribution < -0.4 is 4.90 Å². The Morgan fingerprint density at radius 1 is 1.21 bits per heavy atom. The van der Waals surface area contributed by atoms with E-state index in [0.29, 0.717) is 29.4 Å². The monoisotopic (exact) mass is 392 g/mol. The van der Waals surface area contributed by atoms with E-state index in [1.807, 2.05) is 17.9 Å². The quantitative estimate of drug-likeness (QED) is 0.802. The van der Waals surface area contributed by atoms with Gasteiger partial charge in [0.25, 0.3) is 5.91 Å². The van der Waals surface area contributed by atoms with E-state index in [1.54, 1.807) is 12.1 Å². The van der Waals surface area contributed by atoms with E-state index >= 15 is 0 Å². The summed E-state index contributed by atoms with van der Waals surface area (Å²) in [5.41, 5.74) is 0.975. The molecule has 2 aromatic rings. The fraction of sp³-hybridized carbons (Fsp3) is 0.471. The maximum atomic E-state index is 12.4. The van der Waals surface area contributed by atoms with Crippen molar-refractivity contribution in [1.29, 1.82) is 0 Å². The van der Waals surface area contributed by atoms with E-state index in [0.717, 1.165) is 30.4 Å². The molecule has 0 radical (unpaired) electrons. The summed E-state index contributed by atoms with van der Waals surface area (Å²) in [6.45, 7) is 8.98. The molecule has 1 aliphatic heterocycles. The summed E-state index contributed by atoms with van der Waals surface area (Å²) in [5, 5.41) is 0. The van der Waals surface area contributed by atoms with Gasteiger partial charge in [0.15, 0.2) is 10.4 Å². The molecule has 0 bridgehead atoms. The highest BCUT2D eigenvalue weighted by Gasteiger charge is 2.25. The third-order valence-electron chi connectivity index (χ3n) is 4.05. The van der Waals surface area contributed by atoms with Gasteiger partial charge in [-0.3, -0.25) is 4.79 Å². The van der Waals surface area contributed by atoms with E-state index in [9.17, 15) is 4.79 Å². The van der Waals surface area contributed by atoms with Crippen LogP contribution in [0.15, 0.2) is 27.3 Å². The first-order chi connectivity index (χ1) is 11.4. The second-order valence-electron chi connectivity index (χ2n) is 6.26. The lowest BCUT2D eigenvalue weighted by Crippen LogP contribution is -2.49. The van der Waals surface area contributed by atoms with Crippen LogP contribution in [0.5, 0.6) is 0 Å². The lowest BCUT2D eigenvalue weighted by atomic mass is 10.2. The summed E-state index contributed by atoms with van der Waals surface area (Å²) in [7, 11) is 0. The molecular weight excluding hydrogens is 372 g/mol. The molecule has 2 aromatic heterocycles. The predicted molar refractivity (Wildman–Crippen MR) is 95.4 cm³/mol. The van der Waals surface area contributed by atoms with Crippen molar-refractivity contribution >= 4 is 27.7 Å². The molecule has 1 fully saturated rings. The Morgan fingerprint density at radius 3 is 2.50 bits per heavy atom. The number of halogens is 1. The number of hydrogen-bond acceptors (Lipinski definition) is 5. The fourth-order valence-electron chi connectivity index (χ4n) is 2.72. The van der Waals surface area contributed by atoms with Crippen molar-refractivity contribution < 1.29 is 9.21 Å². The Balaban J connectivity index is 1.68. The van der Waals surface area contributed by atoms with Crippen LogP contribution >= 0.6 is 15.9 Å². The molecule has 24 heavy (non-hydrogen) atoms. The second kappa shape index (κ2) is 6.93. The minimum Gasteiger partial charge on any atom is -0.444 e. The zero-order valence-corrected chi connectivity index (χ0v) is 15.7. The number of aromatic nitrogens is 2. The molecule has 6 nitrogen and oxygen atoms in total. The van der Waals surface area contributed by atoms with Gasteiger partial charge in [-0.1, -0.05) is 13.8 Å². The maximum Gasteiger partial charge on any atom is 0.289 e. The highest BCUT2D eigenvalue weighted by molar-refractivity contribution is 9.10. The molecule has 128 valence electrons. The van der Waals surface area contributed by atoms with Gasteiger partial charge >= 0.3 is 0 Å². The number of rotatable bonds is 3. The van der Waals surface area contributed by atoms with Crippen LogP contribution in [0.4, 0.5) is 5.82 Å². The summed E-state index contributed by atoms with van der Waals surface area (Å²) in [6, 6.07) is 5.44. The number of carbonyl (C=O) groups is 1. The van der Waals surface area contributed by atoms with Crippen molar-refractivity contribution in [3.05, 3.63) is 40.1 Å². The molecule has 7 heteroatoms. The molecule has 0 atom stereocenters. The number of furan rings is 1. The van der Waals surface area contributed by atoms with Crippen molar-refractivity contribution in [2.24, 2.45) is 0 Å². The Kier molecular flexibility index (Phi) is 4.89. The van der Waals surface area contributed by atoms with Gasteiger partial charge in [0.05, 0.1) is 0 Å². The number of piperazine rings is 1. The third-order valence-corrected chi connectivity index (χ3v) is 4.48. The van der Waals surface area contributed by atoms with Crippen LogP contribution in [0.2, 0.25) is 0 Å². The summed E-state index contributed by atoms with van der Waals surface area (Å²) in [4.78, 5) is 25.6. The van der Waals surface area contributed by atoms with Gasteiger partial charge in [-0.2, -0.15) is 0 Å². The Hall–Kier alpha value is -1.89. The van der Waals surface area contributed by atoms with Gasteiger partial charge in [0, 0.05) is 43.9 Å². The average Bonchev–Trinajstić information content (AvgIpc) is 3.00. The van der Waals surface area contributed by atoms with Crippen molar-refractivity contribution in [1.82, 2.24) is 14.9 Å². The van der Waals surface area contributed by atoms with E-state index in [1.165, 1.54) is 0 Å². The average molecular weight is 393 g/mol. The van der Waals surface area contributed by atoms with Crippen LogP contribution in [0.25, 0.3) is 0 Å². The summed E-state index contributed by atoms with van der Waals surface area (Å²) in [5.74, 6) is 2.41. The van der Waals surface area contributed by atoms with Crippen LogP contribution in [-0.4, -0.2) is 47.0 Å². The topological polar surface area (TPSA) is 62.5 Å². The first kappa shape index (κ1) is 17.0. The molecule has 1 aliphatic rings. The van der Waals surface area contributed by atoms with E-state index in [4.69, 9.17) is 4.42 Å². The van der Waals surface area contributed by atoms with Crippen molar-refractivity contribution in [3.8, 4) is 0 Å². The molecule has 0 unspecified atom stereocenters. The minimum atomic E-state index is -0.0675. The van der Waals surface area contributed by atoms with Crippen LogP contribution in [-0.2, 0) is 0 Å². The van der Waals surface area contributed by atoms with E-state index in [-0.39, 0.29) is 5.91 Å². The normalized spacial score (nSPS) is 15.2. The minimum absolute atomic E-state index is 0.0675. The van der Waals surface area contributed by atoms with Crippen molar-refractivity contribution in [3.63, 3.8) is 0 Å². The number of anilines is 1. The zero-order valence-electron chi connectivity index (χ0n) is 14.1. The maximum absolute atomic E-state index is 12.4. The third kappa shape index (κ3) is 3.61. The number of hydrogen-bond donors (Lipinski definition) is 0. The highest BCUT2D eigenvalue weighted by atomic mass is 79.9. The van der Waals surface area contributed by atoms with E-state index in [2.05, 4.69) is 44.6 Å². The standard InChI is InChI=1S/C17H21BrN4O2/c1-11(2)16-19-12(3)10-15(20-16)21-6-8-22(9-7-21)17(23)13-4-5-14(18)24-13/h4-5,10-11H,6-9H2,1-3H3. The fourth-order valence-corrected chi connectivity index (χ4v) is 3.02. The molecule has 1 amide bonds. The highest BCUT2D eigenvalue weighted by Crippen LogP contribution is 2.20. The molecule has 0 saturated carbocycles. The number of amides is 1. The number of aryl methyl sites for hydroxylation is 1. The van der Waals surface area contributed by atoms with Gasteiger partial charge in [-0.05, 0) is 35.0 Å². The Bertz CT molecular complexity index is 736. The Labute approximate surface area is 150 Å². The summed E-state index contributed by atoms with van der Waals surface area (Å²) < 4.78 is 5.93. The second-order valence-corrected chi connectivity index (χ2v) is 7.05. The molecule has 0 N–H and O–H groups in total. The van der Waals surface area contributed by atoms with Crippen LogP contribution in [0, 0.1) is 6.92 Å². The number of carbonyl (C=O) groups excluding carboxylic acids is 1. The molecule has 3 rings (SSSR count). The van der Waals surface area contributed by atoms with Gasteiger partial charge in [-0.25, -0.2) is 9.97 Å². The Morgan fingerprint density at radius 2 is 1.92 bits per heavy atom. The molecule has 0 aliphatic carbocycles.